The summed E-state index contributed by atoms with van der Waals surface area (Å²) < 4.78 is 159. The summed E-state index contributed by atoms with van der Waals surface area (Å²) in [6, 6.07) is 9.03. The molecule has 0 unspecified atom stereocenters. The SMILES string of the molecule is [2H]c1c([2H])c([2H])c(-c2cccc(-c3c4c([2H])c([2H])c([2H])c([2H])c4c(-c4cccc(-c5nc6ccccc6n5-c5c([2H])c([2H])c([2H])c([2H])c5[2H])c4)c4c([2H])c([2H])c([2H])c([2H])c34)c2)c([2H])c1[2H]. The van der Waals surface area contributed by atoms with E-state index in [0.717, 1.165) is 0 Å². The van der Waals surface area contributed by atoms with Crippen molar-refractivity contribution in [2.45, 2.75) is 0 Å². The van der Waals surface area contributed by atoms with Crippen LogP contribution < -0.4 is 0 Å². The van der Waals surface area contributed by atoms with Gasteiger partial charge in [0.2, 0.25) is 0 Å². The van der Waals surface area contributed by atoms with Gasteiger partial charge < -0.3 is 0 Å². The highest BCUT2D eigenvalue weighted by Crippen LogP contribution is 2.45. The van der Waals surface area contributed by atoms with Crippen LogP contribution in [0.2, 0.25) is 0 Å². The second-order valence-corrected chi connectivity index (χ2v) is 10.6. The molecular formula is C45H30N2. The van der Waals surface area contributed by atoms with Crippen molar-refractivity contribution in [2.24, 2.45) is 0 Å². The van der Waals surface area contributed by atoms with Gasteiger partial charge in [0.25, 0.3) is 0 Å². The molecule has 0 spiro atoms. The minimum atomic E-state index is -0.641. The Kier molecular flexibility index (Phi) is 3.47. The zero-order chi connectivity index (χ0) is 46.8. The van der Waals surface area contributed by atoms with E-state index in [9.17, 15) is 5.48 Å². The second kappa shape index (κ2) is 11.3. The lowest BCUT2D eigenvalue weighted by atomic mass is 9.85. The summed E-state index contributed by atoms with van der Waals surface area (Å²) in [7, 11) is 0. The summed E-state index contributed by atoms with van der Waals surface area (Å²) in [6.45, 7) is 0. The standard InChI is InChI=1S/C45H30N2/c1-3-15-31(16-4-1)32-17-13-18-33(29-32)43-37-23-7-9-25-39(37)44(40-26-10-8-24-38(40)43)34-19-14-20-35(30-34)45-46-41-27-11-12-28-42(41)47(45)36-21-5-2-6-22-36/h1-30H/i1D,2D,3D,4D,5D,6D,7D,8D,9D,10D,15D,16D,21D,22D,23D,24D,25D,26D. The molecule has 0 aliphatic rings. The Morgan fingerprint density at radius 2 is 0.915 bits per heavy atom. The molecule has 9 rings (SSSR count). The molecule has 0 aliphatic carbocycles. The van der Waals surface area contributed by atoms with Crippen LogP contribution in [0, 0.1) is 0 Å². The van der Waals surface area contributed by atoms with Crippen molar-refractivity contribution >= 4 is 32.6 Å². The predicted octanol–water partition coefficient (Wildman–Crippen LogP) is 12.0. The summed E-state index contributed by atoms with van der Waals surface area (Å²) in [5, 5.41) is -0.488. The molecule has 0 fully saturated rings. The molecule has 220 valence electrons. The number of fused-ring (bicyclic) bond motifs is 3. The highest BCUT2D eigenvalue weighted by Gasteiger charge is 2.19. The number of hydrogen-bond acceptors (Lipinski definition) is 1. The zero-order valence-electron chi connectivity index (χ0n) is 42.3. The van der Waals surface area contributed by atoms with Crippen molar-refractivity contribution in [3.05, 3.63) is 182 Å². The van der Waals surface area contributed by atoms with Crippen molar-refractivity contribution in [2.75, 3.05) is 0 Å². The fourth-order valence-electron chi connectivity index (χ4n) is 6.04. The van der Waals surface area contributed by atoms with Crippen LogP contribution in [0.25, 0.3) is 83.0 Å². The van der Waals surface area contributed by atoms with Gasteiger partial charge in [-0.3, -0.25) is 4.57 Å². The number of imidazole rings is 1. The molecule has 8 aromatic carbocycles. The van der Waals surface area contributed by atoms with Gasteiger partial charge in [0.1, 0.15) is 5.82 Å². The van der Waals surface area contributed by atoms with E-state index in [1.807, 2.05) is 0 Å². The molecule has 2 nitrogen and oxygen atoms in total. The van der Waals surface area contributed by atoms with Crippen LogP contribution in [0.3, 0.4) is 0 Å². The van der Waals surface area contributed by atoms with Crippen molar-refractivity contribution in [3.8, 4) is 50.5 Å². The Labute approximate surface area is 299 Å². The van der Waals surface area contributed by atoms with E-state index in [4.69, 9.17) is 24.2 Å². The highest BCUT2D eigenvalue weighted by molar-refractivity contribution is 6.21. The van der Waals surface area contributed by atoms with E-state index in [1.54, 1.807) is 54.6 Å². The molecule has 1 heterocycles. The zero-order valence-corrected chi connectivity index (χ0v) is 24.3. The van der Waals surface area contributed by atoms with E-state index < -0.39 is 109 Å². The molecule has 1 aromatic heterocycles. The average molecular weight is 617 g/mol. The first-order valence-corrected chi connectivity index (χ1v) is 14.6. The molecule has 2 heteroatoms. The average Bonchev–Trinajstić information content (AvgIpc) is 3.69. The van der Waals surface area contributed by atoms with E-state index in [-0.39, 0.29) is 66.4 Å². The fourth-order valence-corrected chi connectivity index (χ4v) is 6.04. The third kappa shape index (κ3) is 4.62. The maximum atomic E-state index is 9.41. The number of hydrogen-bond donors (Lipinski definition) is 0. The third-order valence-corrected chi connectivity index (χ3v) is 8.00. The van der Waals surface area contributed by atoms with Gasteiger partial charge in [-0.1, -0.05) is 145 Å². The Balaban J connectivity index is 1.43. The molecule has 0 saturated heterocycles. The van der Waals surface area contributed by atoms with Gasteiger partial charge in [0.15, 0.2) is 0 Å². The quantitative estimate of drug-likeness (QED) is 0.176. The van der Waals surface area contributed by atoms with Gasteiger partial charge >= 0.3 is 0 Å². The van der Waals surface area contributed by atoms with Gasteiger partial charge in [0.05, 0.1) is 35.7 Å². The number of aromatic nitrogens is 2. The maximum Gasteiger partial charge on any atom is 0.145 e. The van der Waals surface area contributed by atoms with Crippen LogP contribution in [0.4, 0.5) is 0 Å². The van der Waals surface area contributed by atoms with Gasteiger partial charge in [0, 0.05) is 11.3 Å². The second-order valence-electron chi connectivity index (χ2n) is 10.6. The predicted molar refractivity (Wildman–Crippen MR) is 198 cm³/mol. The van der Waals surface area contributed by atoms with E-state index in [1.165, 1.54) is 22.8 Å². The minimum absolute atomic E-state index is 0.00634. The maximum absolute atomic E-state index is 9.41. The van der Waals surface area contributed by atoms with Crippen LogP contribution in [-0.2, 0) is 0 Å². The summed E-state index contributed by atoms with van der Waals surface area (Å²) in [6.07, 6.45) is 0. The topological polar surface area (TPSA) is 17.8 Å². The van der Waals surface area contributed by atoms with Crippen LogP contribution in [0.5, 0.6) is 0 Å². The summed E-state index contributed by atoms with van der Waals surface area (Å²) >= 11 is 0. The smallest absolute Gasteiger partial charge is 0.145 e. The summed E-state index contributed by atoms with van der Waals surface area (Å²) in [5.74, 6) is 0.130. The highest BCUT2D eigenvalue weighted by atomic mass is 15.1. The van der Waals surface area contributed by atoms with Crippen molar-refractivity contribution < 1.29 is 24.7 Å². The number of nitrogens with zero attached hydrogens (tertiary/aromatic N) is 2. The van der Waals surface area contributed by atoms with Crippen LogP contribution >= 0.6 is 0 Å². The monoisotopic (exact) mass is 616 g/mol. The lowest BCUT2D eigenvalue weighted by Crippen LogP contribution is -1.97. The van der Waals surface area contributed by atoms with E-state index >= 15 is 0 Å². The minimum Gasteiger partial charge on any atom is -0.292 e. The van der Waals surface area contributed by atoms with Gasteiger partial charge in [-0.05, 0) is 91.3 Å². The molecule has 0 amide bonds. The first-order valence-electron chi connectivity index (χ1n) is 23.6. The third-order valence-electron chi connectivity index (χ3n) is 8.00. The Morgan fingerprint density at radius 3 is 1.53 bits per heavy atom. The van der Waals surface area contributed by atoms with Crippen molar-refractivity contribution in [1.29, 1.82) is 0 Å². The van der Waals surface area contributed by atoms with Crippen LogP contribution in [-0.4, -0.2) is 9.55 Å². The number of rotatable bonds is 5. The molecule has 0 aliphatic heterocycles. The number of benzene rings is 8. The Bertz CT molecular complexity index is 3460. The van der Waals surface area contributed by atoms with Crippen molar-refractivity contribution in [1.82, 2.24) is 9.55 Å². The van der Waals surface area contributed by atoms with Gasteiger partial charge in [-0.25, -0.2) is 4.98 Å². The molecule has 0 saturated carbocycles. The molecule has 0 atom stereocenters. The lowest BCUT2D eigenvalue weighted by Gasteiger charge is -2.18. The fraction of sp³-hybridized carbons (Fsp3) is 0. The largest absolute Gasteiger partial charge is 0.292 e. The van der Waals surface area contributed by atoms with Crippen molar-refractivity contribution in [3.63, 3.8) is 0 Å². The Hall–Kier alpha value is -6.25. The molecule has 0 radical (unpaired) electrons. The van der Waals surface area contributed by atoms with Gasteiger partial charge in [-0.15, -0.1) is 0 Å². The summed E-state index contributed by atoms with van der Waals surface area (Å²) in [5.41, 5.74) is 1.29. The van der Waals surface area contributed by atoms with Gasteiger partial charge in [-0.2, -0.15) is 0 Å². The molecule has 9 aromatic rings. The molecule has 0 N–H and O–H groups in total. The molecule has 0 bridgehead atoms. The first-order chi connectivity index (χ1) is 30.8. The normalized spacial score (nSPS) is 16.8. The molecular weight excluding hydrogens is 569 g/mol. The van der Waals surface area contributed by atoms with Crippen LogP contribution in [0.15, 0.2) is 182 Å². The summed E-state index contributed by atoms with van der Waals surface area (Å²) in [4.78, 5) is 4.84. The lowest BCUT2D eigenvalue weighted by molar-refractivity contribution is 1.10. The van der Waals surface area contributed by atoms with E-state index in [2.05, 4.69) is 0 Å². The van der Waals surface area contributed by atoms with Crippen LogP contribution in [0.1, 0.15) is 24.7 Å². The first kappa shape index (κ1) is 14.5. The van der Waals surface area contributed by atoms with E-state index in [0.29, 0.717) is 16.6 Å². The number of para-hydroxylation sites is 3. The molecule has 47 heavy (non-hydrogen) atoms. The Morgan fingerprint density at radius 1 is 0.426 bits per heavy atom.